The average molecular weight is 334 g/mol. The highest BCUT2D eigenvalue weighted by Gasteiger charge is 2.26. The largest absolute Gasteiger partial charge is 0.381 e. The van der Waals surface area contributed by atoms with Gasteiger partial charge in [-0.05, 0) is 31.0 Å². The molecule has 1 aromatic heterocycles. The van der Waals surface area contributed by atoms with Crippen LogP contribution in [0.3, 0.4) is 0 Å². The van der Waals surface area contributed by atoms with Crippen molar-refractivity contribution in [2.24, 2.45) is 0 Å². The first-order chi connectivity index (χ1) is 11.6. The van der Waals surface area contributed by atoms with Crippen molar-refractivity contribution in [1.82, 2.24) is 14.7 Å². The summed E-state index contributed by atoms with van der Waals surface area (Å²) in [5.41, 5.74) is 1.23. The fraction of sp³-hybridized carbons (Fsp3) is 0.412. The van der Waals surface area contributed by atoms with E-state index in [2.05, 4.69) is 10.4 Å². The van der Waals surface area contributed by atoms with Crippen LogP contribution in [0.5, 0.6) is 0 Å². The standard InChI is InChI=1S/C17H20F2N4O/c18-16(19)12-23-15(8-9-20-23)17(24)22-10-4-7-14(11-22)21-13-5-2-1-3-6-13/h1-3,5-6,8-9,14,16,21H,4,7,10-12H2/t14-/m1/s1. The maximum atomic E-state index is 12.7. The monoisotopic (exact) mass is 334 g/mol. The van der Waals surface area contributed by atoms with Crippen molar-refractivity contribution < 1.29 is 13.6 Å². The second kappa shape index (κ2) is 7.42. The number of carbonyl (C=O) groups excluding carboxylic acids is 1. The highest BCUT2D eigenvalue weighted by molar-refractivity contribution is 5.92. The molecule has 128 valence electrons. The van der Waals surface area contributed by atoms with Gasteiger partial charge in [-0.2, -0.15) is 5.10 Å². The number of amides is 1. The van der Waals surface area contributed by atoms with Crippen molar-refractivity contribution in [3.8, 4) is 0 Å². The van der Waals surface area contributed by atoms with Gasteiger partial charge in [-0.3, -0.25) is 9.48 Å². The zero-order valence-electron chi connectivity index (χ0n) is 13.2. The molecule has 3 rings (SSSR count). The van der Waals surface area contributed by atoms with Gasteiger partial charge in [0, 0.05) is 31.0 Å². The zero-order valence-corrected chi connectivity index (χ0v) is 13.2. The molecule has 1 fully saturated rings. The molecule has 0 bridgehead atoms. The van der Waals surface area contributed by atoms with Gasteiger partial charge in [0.1, 0.15) is 12.2 Å². The van der Waals surface area contributed by atoms with E-state index in [1.165, 1.54) is 12.3 Å². The van der Waals surface area contributed by atoms with Gasteiger partial charge < -0.3 is 10.2 Å². The van der Waals surface area contributed by atoms with Crippen molar-refractivity contribution in [1.29, 1.82) is 0 Å². The number of alkyl halides is 2. The van der Waals surface area contributed by atoms with E-state index in [1.807, 2.05) is 30.3 Å². The van der Waals surface area contributed by atoms with Gasteiger partial charge in [0.15, 0.2) is 0 Å². The summed E-state index contributed by atoms with van der Waals surface area (Å²) in [5.74, 6) is -0.243. The summed E-state index contributed by atoms with van der Waals surface area (Å²) >= 11 is 0. The van der Waals surface area contributed by atoms with E-state index in [0.717, 1.165) is 23.2 Å². The number of nitrogens with zero attached hydrogens (tertiary/aromatic N) is 3. The van der Waals surface area contributed by atoms with E-state index in [9.17, 15) is 13.6 Å². The van der Waals surface area contributed by atoms with Crippen LogP contribution < -0.4 is 5.32 Å². The number of piperidine rings is 1. The molecule has 0 aliphatic carbocycles. The molecule has 1 amide bonds. The molecule has 5 nitrogen and oxygen atoms in total. The molecule has 1 aliphatic rings. The highest BCUT2D eigenvalue weighted by Crippen LogP contribution is 2.18. The van der Waals surface area contributed by atoms with Crippen LogP contribution >= 0.6 is 0 Å². The molecule has 1 atom stereocenters. The number of halogens is 2. The van der Waals surface area contributed by atoms with Crippen LogP contribution in [-0.2, 0) is 6.54 Å². The Kier molecular flexibility index (Phi) is 5.08. The van der Waals surface area contributed by atoms with Crippen molar-refractivity contribution in [2.45, 2.75) is 31.9 Å². The van der Waals surface area contributed by atoms with Gasteiger partial charge in [-0.15, -0.1) is 0 Å². The van der Waals surface area contributed by atoms with Crippen LogP contribution in [0.2, 0.25) is 0 Å². The van der Waals surface area contributed by atoms with E-state index >= 15 is 0 Å². The number of para-hydroxylation sites is 1. The summed E-state index contributed by atoms with van der Waals surface area (Å²) in [7, 11) is 0. The maximum Gasteiger partial charge on any atom is 0.272 e. The van der Waals surface area contributed by atoms with Gasteiger partial charge in [-0.1, -0.05) is 18.2 Å². The SMILES string of the molecule is O=C(c1ccnn1CC(F)F)N1CCC[C@@H](Nc2ccccc2)C1. The average Bonchev–Trinajstić information content (AvgIpc) is 3.02. The van der Waals surface area contributed by atoms with Crippen LogP contribution in [0.1, 0.15) is 23.3 Å². The number of hydrogen-bond acceptors (Lipinski definition) is 3. The zero-order chi connectivity index (χ0) is 16.9. The molecule has 24 heavy (non-hydrogen) atoms. The molecule has 1 aliphatic heterocycles. The van der Waals surface area contributed by atoms with E-state index in [1.54, 1.807) is 4.90 Å². The topological polar surface area (TPSA) is 50.2 Å². The third-order valence-electron chi connectivity index (χ3n) is 4.10. The van der Waals surface area contributed by atoms with E-state index in [0.29, 0.717) is 13.1 Å². The maximum absolute atomic E-state index is 12.7. The third-order valence-corrected chi connectivity index (χ3v) is 4.10. The Bertz CT molecular complexity index is 674. The summed E-state index contributed by atoms with van der Waals surface area (Å²) in [5, 5.41) is 7.25. The third kappa shape index (κ3) is 3.90. The molecular weight excluding hydrogens is 314 g/mol. The smallest absolute Gasteiger partial charge is 0.272 e. The lowest BCUT2D eigenvalue weighted by atomic mass is 10.0. The summed E-state index contributed by atoms with van der Waals surface area (Å²) in [6.07, 6.45) is 0.693. The molecule has 1 N–H and O–H groups in total. The van der Waals surface area contributed by atoms with Gasteiger partial charge in [-0.25, -0.2) is 8.78 Å². The molecule has 0 unspecified atom stereocenters. The van der Waals surface area contributed by atoms with Gasteiger partial charge in [0.2, 0.25) is 0 Å². The molecule has 2 aromatic rings. The highest BCUT2D eigenvalue weighted by atomic mass is 19.3. The van der Waals surface area contributed by atoms with Crippen molar-refractivity contribution in [3.05, 3.63) is 48.3 Å². The number of hydrogen-bond donors (Lipinski definition) is 1. The lowest BCUT2D eigenvalue weighted by Gasteiger charge is -2.33. The van der Waals surface area contributed by atoms with Crippen molar-refractivity contribution in [3.63, 3.8) is 0 Å². The normalized spacial score (nSPS) is 18.0. The lowest BCUT2D eigenvalue weighted by Crippen LogP contribution is -2.45. The van der Waals surface area contributed by atoms with E-state index in [4.69, 9.17) is 0 Å². The fourth-order valence-electron chi connectivity index (χ4n) is 3.00. The molecule has 0 spiro atoms. The first kappa shape index (κ1) is 16.4. The molecular formula is C17H20F2N4O. The molecule has 2 heterocycles. The Morgan fingerprint density at radius 2 is 2.08 bits per heavy atom. The van der Waals surface area contributed by atoms with E-state index < -0.39 is 13.0 Å². The molecule has 0 radical (unpaired) electrons. The summed E-state index contributed by atoms with van der Waals surface area (Å²) in [6.45, 7) is 0.618. The van der Waals surface area contributed by atoms with Gasteiger partial charge in [0.05, 0.1) is 0 Å². The van der Waals surface area contributed by atoms with Crippen LogP contribution in [0.15, 0.2) is 42.6 Å². The predicted octanol–water partition coefficient (Wildman–Crippen LogP) is 2.86. The molecule has 0 saturated carbocycles. The second-order valence-corrected chi connectivity index (χ2v) is 5.89. The Morgan fingerprint density at radius 3 is 2.83 bits per heavy atom. The number of benzene rings is 1. The number of aromatic nitrogens is 2. The van der Waals surface area contributed by atoms with Crippen LogP contribution in [-0.4, -0.2) is 46.1 Å². The van der Waals surface area contributed by atoms with Gasteiger partial charge >= 0.3 is 0 Å². The van der Waals surface area contributed by atoms with E-state index in [-0.39, 0.29) is 17.6 Å². The number of nitrogens with one attached hydrogen (secondary N) is 1. The fourth-order valence-corrected chi connectivity index (χ4v) is 3.00. The summed E-state index contributed by atoms with van der Waals surface area (Å²) in [6, 6.07) is 11.5. The Morgan fingerprint density at radius 1 is 1.29 bits per heavy atom. The number of anilines is 1. The van der Waals surface area contributed by atoms with Crippen molar-refractivity contribution in [2.75, 3.05) is 18.4 Å². The minimum absolute atomic E-state index is 0.150. The minimum atomic E-state index is -2.54. The van der Waals surface area contributed by atoms with Crippen LogP contribution in [0.25, 0.3) is 0 Å². The quantitative estimate of drug-likeness (QED) is 0.915. The number of rotatable bonds is 5. The molecule has 1 saturated heterocycles. The van der Waals surface area contributed by atoms with Crippen LogP contribution in [0.4, 0.5) is 14.5 Å². The summed E-state index contributed by atoms with van der Waals surface area (Å²) < 4.78 is 26.3. The second-order valence-electron chi connectivity index (χ2n) is 5.89. The Labute approximate surface area is 139 Å². The van der Waals surface area contributed by atoms with Gasteiger partial charge in [0.25, 0.3) is 12.3 Å². The summed E-state index contributed by atoms with van der Waals surface area (Å²) in [4.78, 5) is 14.4. The number of carbonyl (C=O) groups is 1. The first-order valence-corrected chi connectivity index (χ1v) is 8.04. The Hall–Kier alpha value is -2.44. The van der Waals surface area contributed by atoms with Crippen LogP contribution in [0, 0.1) is 0 Å². The van der Waals surface area contributed by atoms with Crippen molar-refractivity contribution >= 4 is 11.6 Å². The molecule has 7 heteroatoms. The molecule has 1 aromatic carbocycles. The first-order valence-electron chi connectivity index (χ1n) is 8.04. The predicted molar refractivity (Wildman–Crippen MR) is 87.2 cm³/mol. The Balaban J connectivity index is 1.66. The lowest BCUT2D eigenvalue weighted by molar-refractivity contribution is 0.0690. The number of likely N-dealkylation sites (tertiary alicyclic amines) is 1. The minimum Gasteiger partial charge on any atom is -0.381 e.